The topological polar surface area (TPSA) is 66.5 Å². The monoisotopic (exact) mass is 422 g/mol. The smallest absolute Gasteiger partial charge is 0.350 e. The van der Waals surface area contributed by atoms with Crippen LogP contribution in [-0.2, 0) is 27.1 Å². The van der Waals surface area contributed by atoms with E-state index in [1.165, 1.54) is 12.1 Å². The molecule has 3 atom stereocenters. The number of alkyl halides is 3. The molecule has 0 aromatic heterocycles. The first-order valence-electron chi connectivity index (χ1n) is 10.1. The summed E-state index contributed by atoms with van der Waals surface area (Å²) in [7, 11) is 0. The number of nitrogens with one attached hydrogen (secondary N) is 1. The molecular weight excluding hydrogens is 397 g/mol. The minimum Gasteiger partial charge on any atom is -0.350 e. The van der Waals surface area contributed by atoms with Gasteiger partial charge in [-0.1, -0.05) is 38.1 Å². The summed E-state index contributed by atoms with van der Waals surface area (Å²) in [6, 6.07) is 3.73. The Labute approximate surface area is 173 Å². The average molecular weight is 422 g/mol. The molecule has 1 N–H and O–H groups in total. The molecule has 30 heavy (non-hydrogen) atoms. The van der Waals surface area contributed by atoms with Crippen molar-refractivity contribution in [2.24, 2.45) is 17.8 Å². The number of amides is 3. The maximum atomic E-state index is 12.9. The molecule has 0 saturated carbocycles. The fraction of sp³-hybridized carbons (Fsp3) is 0.500. The molecule has 1 aliphatic carbocycles. The van der Waals surface area contributed by atoms with E-state index in [9.17, 15) is 27.6 Å². The molecule has 1 aromatic carbocycles. The minimum atomic E-state index is -4.47. The second-order valence-electron chi connectivity index (χ2n) is 8.26. The SMILES string of the molecule is CC(C)CC(C(=O)NCc1cccc(C(F)(F)F)c1)N1C(=O)C2CC=CCC2C1=O. The quantitative estimate of drug-likeness (QED) is 0.562. The molecule has 2 aliphatic rings. The standard InChI is InChI=1S/C22H25F3N2O3/c1-13(2)10-18(27-20(29)16-8-3-4-9-17(16)21(27)30)19(28)26-12-14-6-5-7-15(11-14)22(23,24)25/h3-7,11,13,16-18H,8-10,12H2,1-2H3,(H,26,28). The highest BCUT2D eigenvalue weighted by Crippen LogP contribution is 2.37. The number of nitrogens with zero attached hydrogens (tertiary/aromatic N) is 1. The van der Waals surface area contributed by atoms with Crippen molar-refractivity contribution in [1.29, 1.82) is 0 Å². The molecule has 1 aromatic rings. The molecule has 1 fully saturated rings. The number of carbonyl (C=O) groups is 3. The Morgan fingerprint density at radius 3 is 2.27 bits per heavy atom. The van der Waals surface area contributed by atoms with E-state index in [1.54, 1.807) is 0 Å². The molecule has 0 spiro atoms. The number of likely N-dealkylation sites (tertiary alicyclic amines) is 1. The van der Waals surface area contributed by atoms with E-state index < -0.39 is 35.5 Å². The summed E-state index contributed by atoms with van der Waals surface area (Å²) in [5.41, 5.74) is -0.507. The van der Waals surface area contributed by atoms with Crippen molar-refractivity contribution in [1.82, 2.24) is 10.2 Å². The summed E-state index contributed by atoms with van der Waals surface area (Å²) in [5.74, 6) is -2.05. The van der Waals surface area contributed by atoms with Crippen molar-refractivity contribution < 1.29 is 27.6 Å². The molecule has 1 heterocycles. The zero-order valence-corrected chi connectivity index (χ0v) is 16.9. The van der Waals surface area contributed by atoms with Crippen LogP contribution in [0, 0.1) is 17.8 Å². The van der Waals surface area contributed by atoms with Crippen LogP contribution in [0.3, 0.4) is 0 Å². The fourth-order valence-electron chi connectivity index (χ4n) is 4.07. The second kappa shape index (κ2) is 8.62. The Kier molecular flexibility index (Phi) is 6.33. The molecule has 0 bridgehead atoms. The van der Waals surface area contributed by atoms with Crippen LogP contribution in [0.25, 0.3) is 0 Å². The first-order chi connectivity index (χ1) is 14.1. The lowest BCUT2D eigenvalue weighted by Gasteiger charge is -2.27. The van der Waals surface area contributed by atoms with Gasteiger partial charge in [-0.15, -0.1) is 0 Å². The Bertz CT molecular complexity index is 837. The lowest BCUT2D eigenvalue weighted by Crippen LogP contribution is -2.50. The largest absolute Gasteiger partial charge is 0.416 e. The molecule has 0 radical (unpaired) electrons. The first kappa shape index (κ1) is 22.1. The second-order valence-corrected chi connectivity index (χ2v) is 8.26. The summed E-state index contributed by atoms with van der Waals surface area (Å²) in [4.78, 5) is 39.8. The van der Waals surface area contributed by atoms with Crippen LogP contribution in [0.4, 0.5) is 13.2 Å². The van der Waals surface area contributed by atoms with Crippen molar-refractivity contribution in [2.75, 3.05) is 0 Å². The third-order valence-electron chi connectivity index (χ3n) is 5.57. The fourth-order valence-corrected chi connectivity index (χ4v) is 4.07. The molecule has 3 amide bonds. The van der Waals surface area contributed by atoms with E-state index >= 15 is 0 Å². The summed E-state index contributed by atoms with van der Waals surface area (Å²) in [6.07, 6.45) is 0.525. The van der Waals surface area contributed by atoms with Crippen LogP contribution in [0.1, 0.15) is 44.2 Å². The number of allylic oxidation sites excluding steroid dienone is 2. The van der Waals surface area contributed by atoms with E-state index in [4.69, 9.17) is 0 Å². The highest BCUT2D eigenvalue weighted by molar-refractivity contribution is 6.08. The zero-order valence-electron chi connectivity index (χ0n) is 16.9. The van der Waals surface area contributed by atoms with Crippen molar-refractivity contribution in [2.45, 2.75) is 51.9 Å². The first-order valence-corrected chi connectivity index (χ1v) is 10.1. The number of benzene rings is 1. The van der Waals surface area contributed by atoms with Gasteiger partial charge in [-0.05, 0) is 42.9 Å². The van der Waals surface area contributed by atoms with Gasteiger partial charge in [-0.2, -0.15) is 13.2 Å². The van der Waals surface area contributed by atoms with Crippen LogP contribution < -0.4 is 5.32 Å². The zero-order chi connectivity index (χ0) is 22.1. The number of imide groups is 1. The van der Waals surface area contributed by atoms with E-state index in [-0.39, 0.29) is 24.3 Å². The van der Waals surface area contributed by atoms with Gasteiger partial charge in [0, 0.05) is 6.54 Å². The molecular formula is C22H25F3N2O3. The summed E-state index contributed by atoms with van der Waals surface area (Å²) in [5, 5.41) is 2.61. The van der Waals surface area contributed by atoms with E-state index in [0.29, 0.717) is 24.8 Å². The number of fused-ring (bicyclic) bond motifs is 1. The summed E-state index contributed by atoms with van der Waals surface area (Å²) in [6.45, 7) is 3.64. The van der Waals surface area contributed by atoms with Gasteiger partial charge in [0.1, 0.15) is 6.04 Å². The number of hydrogen-bond donors (Lipinski definition) is 1. The number of carbonyl (C=O) groups excluding carboxylic acids is 3. The Morgan fingerprint density at radius 1 is 1.13 bits per heavy atom. The molecule has 1 saturated heterocycles. The van der Waals surface area contributed by atoms with Gasteiger partial charge < -0.3 is 5.32 Å². The third kappa shape index (κ3) is 4.57. The van der Waals surface area contributed by atoms with Gasteiger partial charge in [-0.25, -0.2) is 0 Å². The van der Waals surface area contributed by atoms with Gasteiger partial charge in [0.2, 0.25) is 17.7 Å². The van der Waals surface area contributed by atoms with Gasteiger partial charge in [-0.3, -0.25) is 19.3 Å². The number of rotatable bonds is 6. The van der Waals surface area contributed by atoms with Gasteiger partial charge in [0.05, 0.1) is 17.4 Å². The molecule has 8 heteroatoms. The van der Waals surface area contributed by atoms with E-state index in [0.717, 1.165) is 17.0 Å². The lowest BCUT2D eigenvalue weighted by molar-refractivity contribution is -0.148. The lowest BCUT2D eigenvalue weighted by atomic mass is 9.85. The summed E-state index contributed by atoms with van der Waals surface area (Å²) < 4.78 is 38.7. The Morgan fingerprint density at radius 2 is 1.73 bits per heavy atom. The third-order valence-corrected chi connectivity index (χ3v) is 5.57. The predicted octanol–water partition coefficient (Wildman–Crippen LogP) is 3.69. The van der Waals surface area contributed by atoms with Crippen molar-refractivity contribution in [3.05, 3.63) is 47.5 Å². The van der Waals surface area contributed by atoms with Crippen molar-refractivity contribution in [3.63, 3.8) is 0 Å². The van der Waals surface area contributed by atoms with E-state index in [2.05, 4.69) is 5.32 Å². The van der Waals surface area contributed by atoms with E-state index in [1.807, 2.05) is 26.0 Å². The molecule has 3 unspecified atom stereocenters. The molecule has 3 rings (SSSR count). The van der Waals surface area contributed by atoms with Crippen LogP contribution in [0.2, 0.25) is 0 Å². The highest BCUT2D eigenvalue weighted by atomic mass is 19.4. The Balaban J connectivity index is 1.75. The van der Waals surface area contributed by atoms with Crippen LogP contribution in [0.5, 0.6) is 0 Å². The highest BCUT2D eigenvalue weighted by Gasteiger charge is 2.51. The average Bonchev–Trinajstić information content (AvgIpc) is 2.94. The van der Waals surface area contributed by atoms with Crippen LogP contribution in [0.15, 0.2) is 36.4 Å². The molecule has 1 aliphatic heterocycles. The summed E-state index contributed by atoms with van der Waals surface area (Å²) >= 11 is 0. The Hall–Kier alpha value is -2.64. The van der Waals surface area contributed by atoms with Crippen molar-refractivity contribution in [3.8, 4) is 0 Å². The molecule has 5 nitrogen and oxygen atoms in total. The van der Waals surface area contributed by atoms with Crippen LogP contribution in [-0.4, -0.2) is 28.7 Å². The van der Waals surface area contributed by atoms with Gasteiger partial charge in [0.15, 0.2) is 0 Å². The van der Waals surface area contributed by atoms with Gasteiger partial charge in [0.25, 0.3) is 0 Å². The molecule has 162 valence electrons. The van der Waals surface area contributed by atoms with Crippen LogP contribution >= 0.6 is 0 Å². The number of halogens is 3. The van der Waals surface area contributed by atoms with Crippen molar-refractivity contribution >= 4 is 17.7 Å². The number of hydrogen-bond acceptors (Lipinski definition) is 3. The maximum absolute atomic E-state index is 12.9. The minimum absolute atomic E-state index is 0.0376. The predicted molar refractivity (Wildman–Crippen MR) is 104 cm³/mol. The normalized spacial score (nSPS) is 22.4. The maximum Gasteiger partial charge on any atom is 0.416 e. The van der Waals surface area contributed by atoms with Gasteiger partial charge >= 0.3 is 6.18 Å².